The number of rotatable bonds is 4. The van der Waals surface area contributed by atoms with Gasteiger partial charge in [-0.1, -0.05) is 0 Å². The normalized spacial score (nSPS) is 10.8. The maximum atomic E-state index is 12.0. The molecule has 0 N–H and O–H groups in total. The van der Waals surface area contributed by atoms with Crippen LogP contribution in [0.15, 0.2) is 0 Å². The Morgan fingerprint density at radius 3 is 2.25 bits per heavy atom. The zero-order chi connectivity index (χ0) is 12.9. The molecule has 0 unspecified atom stereocenters. The van der Waals surface area contributed by atoms with Crippen LogP contribution in [-0.2, 0) is 14.3 Å². The first-order valence-electron chi connectivity index (χ1n) is 5.05. The van der Waals surface area contributed by atoms with E-state index in [1.807, 2.05) is 6.07 Å². The lowest BCUT2D eigenvalue weighted by atomic mass is 9.93. The molecular formula is C11H18N2O3. The van der Waals surface area contributed by atoms with Crippen LogP contribution in [0.5, 0.6) is 0 Å². The van der Waals surface area contributed by atoms with Gasteiger partial charge in [0.2, 0.25) is 5.91 Å². The quantitative estimate of drug-likeness (QED) is 0.669. The molecule has 0 aromatic heterocycles. The lowest BCUT2D eigenvalue weighted by molar-refractivity contribution is -0.150. The molecule has 0 rings (SSSR count). The van der Waals surface area contributed by atoms with Gasteiger partial charge < -0.3 is 9.64 Å². The zero-order valence-electron chi connectivity index (χ0n) is 10.4. The minimum atomic E-state index is -1.13. The maximum absolute atomic E-state index is 12.0. The number of hydrogen-bond donors (Lipinski definition) is 0. The molecule has 90 valence electrons. The highest BCUT2D eigenvalue weighted by Gasteiger charge is 2.34. The second-order valence-corrected chi connectivity index (χ2v) is 4.34. The molecule has 0 saturated carbocycles. The van der Waals surface area contributed by atoms with Crippen molar-refractivity contribution in [1.82, 2.24) is 4.90 Å². The van der Waals surface area contributed by atoms with E-state index in [2.05, 4.69) is 4.74 Å². The first-order chi connectivity index (χ1) is 7.26. The van der Waals surface area contributed by atoms with Crippen molar-refractivity contribution >= 4 is 11.9 Å². The number of hydrogen-bond acceptors (Lipinski definition) is 4. The smallest absolute Gasteiger partial charge is 0.325 e. The van der Waals surface area contributed by atoms with Crippen LogP contribution >= 0.6 is 0 Å². The molecule has 5 nitrogen and oxygen atoms in total. The average molecular weight is 226 g/mol. The molecule has 0 saturated heterocycles. The van der Waals surface area contributed by atoms with Crippen molar-refractivity contribution < 1.29 is 14.3 Å². The first kappa shape index (κ1) is 14.4. The Morgan fingerprint density at radius 1 is 1.44 bits per heavy atom. The van der Waals surface area contributed by atoms with Gasteiger partial charge in [-0.15, -0.1) is 0 Å². The number of carbonyl (C=O) groups is 2. The summed E-state index contributed by atoms with van der Waals surface area (Å²) < 4.78 is 4.51. The van der Waals surface area contributed by atoms with E-state index in [0.29, 0.717) is 0 Å². The molecule has 0 heterocycles. The Bertz CT molecular complexity index is 316. The minimum Gasteiger partial charge on any atom is -0.468 e. The van der Waals surface area contributed by atoms with E-state index in [9.17, 15) is 9.59 Å². The fourth-order valence-electron chi connectivity index (χ4n) is 1.10. The van der Waals surface area contributed by atoms with E-state index in [0.717, 1.165) is 0 Å². The average Bonchev–Trinajstić information content (AvgIpc) is 2.23. The number of esters is 1. The SMILES string of the molecule is COC(=O)CN(C(=O)C(C)(C)C#N)C(C)C. The molecule has 0 fully saturated rings. The number of nitrogens with zero attached hydrogens (tertiary/aromatic N) is 2. The molecular weight excluding hydrogens is 208 g/mol. The van der Waals surface area contributed by atoms with Gasteiger partial charge in [0.15, 0.2) is 0 Å². The van der Waals surface area contributed by atoms with Crippen LogP contribution in [-0.4, -0.2) is 36.5 Å². The topological polar surface area (TPSA) is 70.4 Å². The fraction of sp³-hybridized carbons (Fsp3) is 0.727. The number of carbonyl (C=O) groups excluding carboxylic acids is 2. The number of nitriles is 1. The second-order valence-electron chi connectivity index (χ2n) is 4.34. The second kappa shape index (κ2) is 5.50. The summed E-state index contributed by atoms with van der Waals surface area (Å²) in [5.41, 5.74) is -1.13. The van der Waals surface area contributed by atoms with Gasteiger partial charge in [0.25, 0.3) is 0 Å². The number of ether oxygens (including phenoxy) is 1. The Morgan fingerprint density at radius 2 is 1.94 bits per heavy atom. The van der Waals surface area contributed by atoms with E-state index < -0.39 is 11.4 Å². The number of methoxy groups -OCH3 is 1. The van der Waals surface area contributed by atoms with Crippen molar-refractivity contribution in [2.45, 2.75) is 33.7 Å². The largest absolute Gasteiger partial charge is 0.468 e. The molecule has 1 amide bonds. The van der Waals surface area contributed by atoms with Crippen molar-refractivity contribution in [1.29, 1.82) is 5.26 Å². The Labute approximate surface area is 96.0 Å². The molecule has 0 aliphatic rings. The van der Waals surface area contributed by atoms with Crippen LogP contribution in [0.1, 0.15) is 27.7 Å². The van der Waals surface area contributed by atoms with Crippen LogP contribution in [0.2, 0.25) is 0 Å². The summed E-state index contributed by atoms with van der Waals surface area (Å²) in [4.78, 5) is 24.5. The Balaban J connectivity index is 4.89. The molecule has 0 radical (unpaired) electrons. The molecule has 0 aliphatic heterocycles. The van der Waals surface area contributed by atoms with Crippen LogP contribution in [0.25, 0.3) is 0 Å². The zero-order valence-corrected chi connectivity index (χ0v) is 10.4. The standard InChI is InChI=1S/C11H18N2O3/c1-8(2)13(6-9(14)16-5)10(15)11(3,4)7-12/h8H,6H2,1-5H3. The lowest BCUT2D eigenvalue weighted by Crippen LogP contribution is -2.46. The van der Waals surface area contributed by atoms with Gasteiger partial charge in [0, 0.05) is 6.04 Å². The molecule has 0 atom stereocenters. The van der Waals surface area contributed by atoms with Crippen LogP contribution in [0, 0.1) is 16.7 Å². The minimum absolute atomic E-state index is 0.127. The summed E-state index contributed by atoms with van der Waals surface area (Å²) in [5, 5.41) is 8.87. The highest BCUT2D eigenvalue weighted by molar-refractivity contribution is 5.88. The monoisotopic (exact) mass is 226 g/mol. The molecule has 5 heteroatoms. The van der Waals surface area contributed by atoms with E-state index in [4.69, 9.17) is 5.26 Å². The third-order valence-corrected chi connectivity index (χ3v) is 2.23. The Hall–Kier alpha value is -1.57. The summed E-state index contributed by atoms with van der Waals surface area (Å²) in [7, 11) is 1.26. The van der Waals surface area contributed by atoms with Gasteiger partial charge in [-0.3, -0.25) is 9.59 Å². The lowest BCUT2D eigenvalue weighted by Gasteiger charge is -2.30. The molecule has 0 bridgehead atoms. The first-order valence-corrected chi connectivity index (χ1v) is 5.05. The van der Waals surface area contributed by atoms with Gasteiger partial charge in [0.05, 0.1) is 13.2 Å². The third-order valence-electron chi connectivity index (χ3n) is 2.23. The highest BCUT2D eigenvalue weighted by Crippen LogP contribution is 2.19. The van der Waals surface area contributed by atoms with Crippen LogP contribution in [0.4, 0.5) is 0 Å². The van der Waals surface area contributed by atoms with E-state index in [1.54, 1.807) is 13.8 Å². The van der Waals surface area contributed by atoms with Crippen molar-refractivity contribution in [2.75, 3.05) is 13.7 Å². The van der Waals surface area contributed by atoms with Crippen LogP contribution < -0.4 is 0 Å². The van der Waals surface area contributed by atoms with Crippen molar-refractivity contribution in [3.63, 3.8) is 0 Å². The van der Waals surface area contributed by atoms with Gasteiger partial charge >= 0.3 is 5.97 Å². The molecule has 0 spiro atoms. The summed E-state index contributed by atoms with van der Waals surface area (Å²) in [6.07, 6.45) is 0. The number of amides is 1. The molecule has 0 aromatic carbocycles. The predicted octanol–water partition coefficient (Wildman–Crippen LogP) is 0.946. The maximum Gasteiger partial charge on any atom is 0.325 e. The van der Waals surface area contributed by atoms with Gasteiger partial charge in [-0.05, 0) is 27.7 Å². The Kier molecular flexibility index (Phi) is 4.96. The van der Waals surface area contributed by atoms with E-state index >= 15 is 0 Å². The van der Waals surface area contributed by atoms with Gasteiger partial charge in [-0.25, -0.2) is 0 Å². The summed E-state index contributed by atoms with van der Waals surface area (Å²) in [6, 6.07) is 1.77. The summed E-state index contributed by atoms with van der Waals surface area (Å²) in [6.45, 7) is 6.50. The predicted molar refractivity (Wildman–Crippen MR) is 58.3 cm³/mol. The van der Waals surface area contributed by atoms with Crippen molar-refractivity contribution in [2.24, 2.45) is 5.41 Å². The van der Waals surface area contributed by atoms with Gasteiger partial charge in [-0.2, -0.15) is 5.26 Å². The third kappa shape index (κ3) is 3.54. The van der Waals surface area contributed by atoms with E-state index in [-0.39, 0.29) is 18.5 Å². The summed E-state index contributed by atoms with van der Waals surface area (Å²) >= 11 is 0. The van der Waals surface area contributed by atoms with Crippen LogP contribution in [0.3, 0.4) is 0 Å². The molecule has 16 heavy (non-hydrogen) atoms. The van der Waals surface area contributed by atoms with Crippen molar-refractivity contribution in [3.8, 4) is 6.07 Å². The highest BCUT2D eigenvalue weighted by atomic mass is 16.5. The van der Waals surface area contributed by atoms with Gasteiger partial charge in [0.1, 0.15) is 12.0 Å². The summed E-state index contributed by atoms with van der Waals surface area (Å²) in [5.74, 6) is -0.855. The molecule has 0 aromatic rings. The van der Waals surface area contributed by atoms with E-state index in [1.165, 1.54) is 25.9 Å². The molecule has 0 aliphatic carbocycles. The van der Waals surface area contributed by atoms with Crippen molar-refractivity contribution in [3.05, 3.63) is 0 Å². The fourth-order valence-corrected chi connectivity index (χ4v) is 1.10.